The minimum absolute atomic E-state index is 0. The van der Waals surface area contributed by atoms with Gasteiger partial charge in [-0.1, -0.05) is 25.5 Å². The maximum atomic E-state index is 11.9. The smallest absolute Gasteiger partial charge is 0.236 e. The topological polar surface area (TPSA) is 72.9 Å². The molecular weight excluding hydrogens is 312 g/mol. The first-order chi connectivity index (χ1) is 10.5. The number of imidazole rings is 1. The summed E-state index contributed by atoms with van der Waals surface area (Å²) in [5.74, 6) is 0.926. The molecule has 2 rings (SSSR count). The molecule has 0 saturated carbocycles. The lowest BCUT2D eigenvalue weighted by Gasteiger charge is -2.14. The summed E-state index contributed by atoms with van der Waals surface area (Å²) in [4.78, 5) is 16.5. The molecule has 1 heterocycles. The molecule has 0 radical (unpaired) electrons. The number of hydrogen-bond acceptors (Lipinski definition) is 3. The van der Waals surface area contributed by atoms with Gasteiger partial charge in [-0.2, -0.15) is 0 Å². The molecule has 0 aliphatic heterocycles. The Kier molecular flexibility index (Phi) is 7.52. The van der Waals surface area contributed by atoms with E-state index in [1.807, 2.05) is 25.1 Å². The van der Waals surface area contributed by atoms with Crippen molar-refractivity contribution in [2.75, 3.05) is 6.54 Å². The van der Waals surface area contributed by atoms with E-state index in [1.54, 1.807) is 0 Å². The number of rotatable bonds is 7. The Morgan fingerprint density at radius 2 is 2.04 bits per heavy atom. The molecule has 3 N–H and O–H groups in total. The highest BCUT2D eigenvalue weighted by Crippen LogP contribution is 2.20. The summed E-state index contributed by atoms with van der Waals surface area (Å²) < 4.78 is 2.23. The van der Waals surface area contributed by atoms with Gasteiger partial charge in [0, 0.05) is 19.0 Å². The SMILES string of the molecule is CCCC(N)C(=O)NCCc1nc2ccccc2n1C(C)C.Cl. The fraction of sp³-hybridized carbons (Fsp3) is 0.529. The van der Waals surface area contributed by atoms with Crippen molar-refractivity contribution < 1.29 is 4.79 Å². The van der Waals surface area contributed by atoms with Gasteiger partial charge in [0.15, 0.2) is 0 Å². The quantitative estimate of drug-likeness (QED) is 0.815. The van der Waals surface area contributed by atoms with Crippen LogP contribution in [0.3, 0.4) is 0 Å². The second-order valence-corrected chi connectivity index (χ2v) is 5.92. The van der Waals surface area contributed by atoms with Crippen molar-refractivity contribution in [2.24, 2.45) is 5.73 Å². The molecule has 1 amide bonds. The molecule has 0 aliphatic rings. The lowest BCUT2D eigenvalue weighted by atomic mass is 10.1. The number of aromatic nitrogens is 2. The minimum atomic E-state index is -0.408. The third-order valence-corrected chi connectivity index (χ3v) is 3.77. The maximum Gasteiger partial charge on any atom is 0.236 e. The number of amides is 1. The fourth-order valence-corrected chi connectivity index (χ4v) is 2.72. The first-order valence-electron chi connectivity index (χ1n) is 8.03. The lowest BCUT2D eigenvalue weighted by molar-refractivity contribution is -0.122. The van der Waals surface area contributed by atoms with Crippen LogP contribution in [0.1, 0.15) is 45.5 Å². The predicted molar refractivity (Wildman–Crippen MR) is 97.0 cm³/mol. The summed E-state index contributed by atoms with van der Waals surface area (Å²) in [6.45, 7) is 6.88. The van der Waals surface area contributed by atoms with Gasteiger partial charge in [-0.3, -0.25) is 4.79 Å². The van der Waals surface area contributed by atoms with Gasteiger partial charge >= 0.3 is 0 Å². The maximum absolute atomic E-state index is 11.9. The van der Waals surface area contributed by atoms with Crippen molar-refractivity contribution in [3.8, 4) is 0 Å². The van der Waals surface area contributed by atoms with Crippen LogP contribution in [0.15, 0.2) is 24.3 Å². The van der Waals surface area contributed by atoms with E-state index in [4.69, 9.17) is 10.7 Å². The Hall–Kier alpha value is -1.59. The van der Waals surface area contributed by atoms with Gasteiger partial charge in [0.2, 0.25) is 5.91 Å². The number of halogens is 1. The van der Waals surface area contributed by atoms with Crippen molar-refractivity contribution in [3.05, 3.63) is 30.1 Å². The van der Waals surface area contributed by atoms with Crippen LogP contribution in [-0.2, 0) is 11.2 Å². The van der Waals surface area contributed by atoms with E-state index < -0.39 is 6.04 Å². The molecule has 2 aromatic rings. The Morgan fingerprint density at radius 1 is 1.35 bits per heavy atom. The molecule has 1 aromatic carbocycles. The monoisotopic (exact) mass is 338 g/mol. The summed E-state index contributed by atoms with van der Waals surface area (Å²) in [5, 5.41) is 2.91. The van der Waals surface area contributed by atoms with Crippen LogP contribution in [0.5, 0.6) is 0 Å². The van der Waals surface area contributed by atoms with E-state index in [-0.39, 0.29) is 18.3 Å². The second-order valence-electron chi connectivity index (χ2n) is 5.92. The fourth-order valence-electron chi connectivity index (χ4n) is 2.72. The van der Waals surface area contributed by atoms with Crippen LogP contribution < -0.4 is 11.1 Å². The number of para-hydroxylation sites is 2. The summed E-state index contributed by atoms with van der Waals surface area (Å²) in [6.07, 6.45) is 2.34. The van der Waals surface area contributed by atoms with E-state index in [2.05, 4.69) is 29.8 Å². The number of fused-ring (bicyclic) bond motifs is 1. The molecule has 1 aromatic heterocycles. The largest absolute Gasteiger partial charge is 0.354 e. The standard InChI is InChI=1S/C17H26N4O.ClH/c1-4-7-13(18)17(22)19-11-10-16-20-14-8-5-6-9-15(14)21(16)12(2)3;/h5-6,8-9,12-13H,4,7,10-11,18H2,1-3H3,(H,19,22);1H. The number of nitrogens with two attached hydrogens (primary N) is 1. The van der Waals surface area contributed by atoms with Gasteiger partial charge in [0.1, 0.15) is 5.82 Å². The molecule has 128 valence electrons. The first-order valence-corrected chi connectivity index (χ1v) is 8.03. The lowest BCUT2D eigenvalue weighted by Crippen LogP contribution is -2.41. The number of carbonyl (C=O) groups is 1. The van der Waals surface area contributed by atoms with Crippen molar-refractivity contribution in [3.63, 3.8) is 0 Å². The Morgan fingerprint density at radius 3 is 2.70 bits per heavy atom. The normalized spacial score (nSPS) is 12.2. The molecule has 0 aliphatic carbocycles. The summed E-state index contributed by atoms with van der Waals surface area (Å²) >= 11 is 0. The highest BCUT2D eigenvalue weighted by Gasteiger charge is 2.14. The molecule has 0 saturated heterocycles. The Bertz CT molecular complexity index is 639. The summed E-state index contributed by atoms with van der Waals surface area (Å²) in [6, 6.07) is 8.05. The van der Waals surface area contributed by atoms with Gasteiger partial charge in [0.25, 0.3) is 0 Å². The van der Waals surface area contributed by atoms with Gasteiger partial charge < -0.3 is 15.6 Å². The van der Waals surface area contributed by atoms with Crippen LogP contribution in [0.25, 0.3) is 11.0 Å². The number of carbonyl (C=O) groups excluding carboxylic acids is 1. The molecule has 5 nitrogen and oxygen atoms in total. The zero-order valence-corrected chi connectivity index (χ0v) is 14.9. The first kappa shape index (κ1) is 19.5. The Balaban J connectivity index is 0.00000264. The minimum Gasteiger partial charge on any atom is -0.354 e. The number of benzene rings is 1. The third-order valence-electron chi connectivity index (χ3n) is 3.77. The molecule has 23 heavy (non-hydrogen) atoms. The van der Waals surface area contributed by atoms with Crippen LogP contribution in [-0.4, -0.2) is 28.0 Å². The van der Waals surface area contributed by atoms with Gasteiger partial charge in [-0.05, 0) is 32.4 Å². The van der Waals surface area contributed by atoms with Crippen molar-refractivity contribution in [1.29, 1.82) is 0 Å². The Labute approximate surface area is 144 Å². The molecule has 0 fully saturated rings. The molecule has 0 spiro atoms. The third kappa shape index (κ3) is 4.69. The highest BCUT2D eigenvalue weighted by atomic mass is 35.5. The van der Waals surface area contributed by atoms with Gasteiger partial charge in [0.05, 0.1) is 17.1 Å². The van der Waals surface area contributed by atoms with Crippen LogP contribution in [0.4, 0.5) is 0 Å². The highest BCUT2D eigenvalue weighted by molar-refractivity contribution is 5.85. The molecule has 1 atom stereocenters. The molecular formula is C17H27ClN4O. The molecule has 1 unspecified atom stereocenters. The van der Waals surface area contributed by atoms with E-state index in [9.17, 15) is 4.79 Å². The van der Waals surface area contributed by atoms with Crippen molar-refractivity contribution >= 4 is 29.3 Å². The van der Waals surface area contributed by atoms with Crippen LogP contribution in [0, 0.1) is 0 Å². The van der Waals surface area contributed by atoms with Gasteiger partial charge in [-0.15, -0.1) is 12.4 Å². The molecule has 6 heteroatoms. The average Bonchev–Trinajstić information content (AvgIpc) is 2.85. The van der Waals surface area contributed by atoms with Crippen molar-refractivity contribution in [2.45, 2.75) is 52.1 Å². The van der Waals surface area contributed by atoms with Crippen LogP contribution in [0.2, 0.25) is 0 Å². The van der Waals surface area contributed by atoms with E-state index >= 15 is 0 Å². The molecule has 0 bridgehead atoms. The van der Waals surface area contributed by atoms with E-state index in [0.717, 1.165) is 29.7 Å². The van der Waals surface area contributed by atoms with Gasteiger partial charge in [-0.25, -0.2) is 4.98 Å². The summed E-state index contributed by atoms with van der Waals surface area (Å²) in [5.41, 5.74) is 7.95. The predicted octanol–water partition coefficient (Wildman–Crippen LogP) is 2.83. The number of nitrogens with one attached hydrogen (secondary N) is 1. The van der Waals surface area contributed by atoms with Crippen LogP contribution >= 0.6 is 12.4 Å². The average molecular weight is 339 g/mol. The van der Waals surface area contributed by atoms with E-state index in [1.165, 1.54) is 0 Å². The summed E-state index contributed by atoms with van der Waals surface area (Å²) in [7, 11) is 0. The van der Waals surface area contributed by atoms with Crippen molar-refractivity contribution in [1.82, 2.24) is 14.9 Å². The second kappa shape index (κ2) is 8.89. The zero-order valence-electron chi connectivity index (χ0n) is 14.1. The number of nitrogens with zero attached hydrogens (tertiary/aromatic N) is 2. The zero-order chi connectivity index (χ0) is 16.1. The number of hydrogen-bond donors (Lipinski definition) is 2. The van der Waals surface area contributed by atoms with E-state index in [0.29, 0.717) is 19.0 Å².